The topological polar surface area (TPSA) is 21.7 Å². The van der Waals surface area contributed by atoms with Gasteiger partial charge in [0, 0.05) is 0 Å². The second-order valence-corrected chi connectivity index (χ2v) is 7.11. The molecule has 0 saturated carbocycles. The maximum absolute atomic E-state index is 6.49. The first kappa shape index (κ1) is 16.7. The summed E-state index contributed by atoms with van der Waals surface area (Å²) >= 11 is 0. The van der Waals surface area contributed by atoms with Crippen LogP contribution in [0.15, 0.2) is 79.4 Å². The lowest BCUT2D eigenvalue weighted by molar-refractivity contribution is 0.312. The molecular formula is C25H21NO2. The highest BCUT2D eigenvalue weighted by Gasteiger charge is 2.26. The quantitative estimate of drug-likeness (QED) is 0.482. The third-order valence-corrected chi connectivity index (χ3v) is 5.36. The number of hydrogen-bond acceptors (Lipinski definition) is 3. The summed E-state index contributed by atoms with van der Waals surface area (Å²) in [4.78, 5) is 6.49. The Morgan fingerprint density at radius 3 is 2.36 bits per heavy atom. The molecule has 3 heteroatoms. The second kappa shape index (κ2) is 6.61. The van der Waals surface area contributed by atoms with Crippen molar-refractivity contribution in [3.63, 3.8) is 0 Å². The maximum Gasteiger partial charge on any atom is 0.166 e. The highest BCUT2D eigenvalue weighted by Crippen LogP contribution is 2.43. The lowest BCUT2D eigenvalue weighted by Crippen LogP contribution is -2.26. The van der Waals surface area contributed by atoms with Gasteiger partial charge in [0.1, 0.15) is 11.4 Å². The third-order valence-electron chi connectivity index (χ3n) is 5.36. The van der Waals surface area contributed by atoms with Crippen molar-refractivity contribution in [3.05, 3.63) is 102 Å². The highest BCUT2D eigenvalue weighted by atomic mass is 16.7. The lowest BCUT2D eigenvalue weighted by atomic mass is 9.91. The molecule has 0 fully saturated rings. The zero-order valence-electron chi connectivity index (χ0n) is 15.8. The van der Waals surface area contributed by atoms with E-state index in [-0.39, 0.29) is 0 Å². The Balaban J connectivity index is 1.73. The fourth-order valence-electron chi connectivity index (χ4n) is 3.90. The molecule has 1 aliphatic heterocycles. The summed E-state index contributed by atoms with van der Waals surface area (Å²) in [5, 5.41) is 1.90. The molecule has 3 aromatic carbocycles. The van der Waals surface area contributed by atoms with Gasteiger partial charge in [-0.05, 0) is 66.8 Å². The Hall–Kier alpha value is -3.46. The molecule has 0 unspecified atom stereocenters. The third kappa shape index (κ3) is 2.67. The fraction of sp³-hybridized carbons (Fsp3) is 0.120. The predicted molar refractivity (Wildman–Crippen MR) is 113 cm³/mol. The van der Waals surface area contributed by atoms with E-state index in [0.29, 0.717) is 5.76 Å². The summed E-state index contributed by atoms with van der Waals surface area (Å²) in [5.41, 5.74) is 6.74. The molecule has 138 valence electrons. The molecule has 28 heavy (non-hydrogen) atoms. The molecule has 3 nitrogen and oxygen atoms in total. The number of fused-ring (bicyclic) bond motifs is 3. The van der Waals surface area contributed by atoms with Gasteiger partial charge in [-0.1, -0.05) is 49.1 Å². The van der Waals surface area contributed by atoms with Gasteiger partial charge < -0.3 is 9.57 Å². The molecule has 0 atom stereocenters. The van der Waals surface area contributed by atoms with Crippen molar-refractivity contribution >= 4 is 17.1 Å². The van der Waals surface area contributed by atoms with E-state index in [4.69, 9.17) is 9.57 Å². The van der Waals surface area contributed by atoms with Gasteiger partial charge in [0.05, 0.1) is 11.3 Å². The van der Waals surface area contributed by atoms with Crippen LogP contribution in [0.25, 0.3) is 5.76 Å². The van der Waals surface area contributed by atoms with E-state index in [1.165, 1.54) is 16.7 Å². The van der Waals surface area contributed by atoms with Crippen molar-refractivity contribution in [1.29, 1.82) is 0 Å². The van der Waals surface area contributed by atoms with Gasteiger partial charge in [0.15, 0.2) is 11.5 Å². The number of aryl methyl sites for hydroxylation is 1. The van der Waals surface area contributed by atoms with Gasteiger partial charge in [0.2, 0.25) is 0 Å². The molecule has 0 radical (unpaired) electrons. The van der Waals surface area contributed by atoms with E-state index in [9.17, 15) is 0 Å². The van der Waals surface area contributed by atoms with Gasteiger partial charge in [-0.25, -0.2) is 0 Å². The van der Waals surface area contributed by atoms with Crippen molar-refractivity contribution in [2.24, 2.45) is 0 Å². The maximum atomic E-state index is 6.49. The van der Waals surface area contributed by atoms with Crippen molar-refractivity contribution in [3.8, 4) is 11.5 Å². The first-order chi connectivity index (χ1) is 13.7. The minimum atomic E-state index is 0.580. The van der Waals surface area contributed by atoms with Gasteiger partial charge >= 0.3 is 0 Å². The van der Waals surface area contributed by atoms with E-state index in [1.54, 1.807) is 0 Å². The smallest absolute Gasteiger partial charge is 0.166 e. The first-order valence-corrected chi connectivity index (χ1v) is 9.52. The standard InChI is InChI=1S/C25H21NO2/c1-17-15-16-22(21-11-4-3-9-19(17)21)26-23-12-6-8-14-25(23)27-18(2)20-10-5-7-13-24(20)28-26/h3-8,10,12-16H,2,9,11H2,1H3. The predicted octanol–water partition coefficient (Wildman–Crippen LogP) is 6.15. The van der Waals surface area contributed by atoms with E-state index >= 15 is 0 Å². The van der Waals surface area contributed by atoms with Crippen LogP contribution in [-0.2, 0) is 12.8 Å². The zero-order valence-corrected chi connectivity index (χ0v) is 15.8. The van der Waals surface area contributed by atoms with Crippen molar-refractivity contribution in [1.82, 2.24) is 0 Å². The average Bonchev–Trinajstić information content (AvgIpc) is 2.73. The Labute approximate surface area is 165 Å². The van der Waals surface area contributed by atoms with E-state index in [0.717, 1.165) is 41.3 Å². The summed E-state index contributed by atoms with van der Waals surface area (Å²) in [6.07, 6.45) is 6.31. The molecule has 0 bridgehead atoms. The second-order valence-electron chi connectivity index (χ2n) is 7.11. The minimum Gasteiger partial charge on any atom is -0.455 e. The molecular weight excluding hydrogens is 346 g/mol. The van der Waals surface area contributed by atoms with Crippen LogP contribution < -0.4 is 14.6 Å². The van der Waals surface area contributed by atoms with Crippen molar-refractivity contribution in [2.75, 3.05) is 5.06 Å². The Bertz CT molecular complexity index is 1110. The number of ether oxygens (including phenoxy) is 1. The highest BCUT2D eigenvalue weighted by molar-refractivity contribution is 5.76. The molecule has 1 heterocycles. The van der Waals surface area contributed by atoms with Crippen LogP contribution in [0, 0.1) is 6.92 Å². The Kier molecular flexibility index (Phi) is 3.94. The first-order valence-electron chi connectivity index (χ1n) is 9.52. The fourth-order valence-corrected chi connectivity index (χ4v) is 3.90. The number of benzene rings is 3. The molecule has 0 N–H and O–H groups in total. The van der Waals surface area contributed by atoms with Crippen LogP contribution in [0.5, 0.6) is 11.5 Å². The number of para-hydroxylation sites is 3. The van der Waals surface area contributed by atoms with Crippen LogP contribution in [0.2, 0.25) is 0 Å². The van der Waals surface area contributed by atoms with Gasteiger partial charge in [-0.3, -0.25) is 0 Å². The lowest BCUT2D eigenvalue weighted by Gasteiger charge is -2.32. The average molecular weight is 367 g/mol. The van der Waals surface area contributed by atoms with Gasteiger partial charge in [-0.15, -0.1) is 0 Å². The number of rotatable bonds is 1. The molecule has 0 spiro atoms. The molecule has 0 saturated heterocycles. The molecule has 0 amide bonds. The van der Waals surface area contributed by atoms with E-state index < -0.39 is 0 Å². The van der Waals surface area contributed by atoms with Crippen molar-refractivity contribution < 1.29 is 9.57 Å². The zero-order chi connectivity index (χ0) is 19.1. The summed E-state index contributed by atoms with van der Waals surface area (Å²) in [6.45, 7) is 6.28. The van der Waals surface area contributed by atoms with Crippen LogP contribution in [0.4, 0.5) is 11.4 Å². The van der Waals surface area contributed by atoms with Crippen molar-refractivity contribution in [2.45, 2.75) is 19.8 Å². The number of anilines is 2. The van der Waals surface area contributed by atoms with E-state index in [2.05, 4.69) is 37.8 Å². The number of allylic oxidation sites excluding steroid dienone is 2. The van der Waals surface area contributed by atoms with Crippen LogP contribution in [0.1, 0.15) is 22.3 Å². The molecule has 5 rings (SSSR count). The summed E-state index contributed by atoms with van der Waals surface area (Å²) < 4.78 is 6.15. The largest absolute Gasteiger partial charge is 0.455 e. The van der Waals surface area contributed by atoms with Gasteiger partial charge in [0.25, 0.3) is 0 Å². The number of nitrogens with zero attached hydrogens (tertiary/aromatic N) is 1. The van der Waals surface area contributed by atoms with Crippen LogP contribution >= 0.6 is 0 Å². The minimum absolute atomic E-state index is 0.580. The summed E-state index contributed by atoms with van der Waals surface area (Å²) in [6, 6.07) is 20.1. The van der Waals surface area contributed by atoms with Crippen LogP contribution in [-0.4, -0.2) is 0 Å². The molecule has 3 aromatic rings. The Morgan fingerprint density at radius 1 is 0.786 bits per heavy atom. The summed E-state index contributed by atoms with van der Waals surface area (Å²) in [5.74, 6) is 2.03. The SMILES string of the molecule is C=C1Oc2ccccc2N(c2ccc(C)c3c2CC=CC3)Oc2ccccc21. The monoisotopic (exact) mass is 367 g/mol. The number of hydrogen-bond donors (Lipinski definition) is 0. The molecule has 1 aliphatic carbocycles. The Morgan fingerprint density at radius 2 is 1.50 bits per heavy atom. The molecule has 0 aromatic heterocycles. The molecule has 2 aliphatic rings. The summed E-state index contributed by atoms with van der Waals surface area (Å²) in [7, 11) is 0. The van der Waals surface area contributed by atoms with Gasteiger partial charge in [-0.2, -0.15) is 5.06 Å². The normalized spacial score (nSPS) is 14.8. The van der Waals surface area contributed by atoms with Crippen LogP contribution in [0.3, 0.4) is 0 Å². The van der Waals surface area contributed by atoms with E-state index in [1.807, 2.05) is 53.6 Å².